The van der Waals surface area contributed by atoms with Crippen molar-refractivity contribution in [2.24, 2.45) is 0 Å². The van der Waals surface area contributed by atoms with Crippen molar-refractivity contribution < 1.29 is 19.1 Å². The van der Waals surface area contributed by atoms with Gasteiger partial charge in [0.05, 0.1) is 0 Å². The van der Waals surface area contributed by atoms with E-state index in [-0.39, 0.29) is 30.2 Å². The van der Waals surface area contributed by atoms with E-state index in [1.54, 1.807) is 11.0 Å². The smallest absolute Gasteiger partial charge is 0.255 e. The van der Waals surface area contributed by atoms with Gasteiger partial charge in [0, 0.05) is 24.6 Å². The first kappa shape index (κ1) is 17.0. The van der Waals surface area contributed by atoms with E-state index in [1.807, 2.05) is 12.1 Å². The molecule has 3 aliphatic heterocycles. The zero-order valence-corrected chi connectivity index (χ0v) is 14.8. The van der Waals surface area contributed by atoms with Crippen LogP contribution < -0.4 is 15.4 Å². The molecule has 2 saturated heterocycles. The molecule has 2 N–H and O–H groups in total. The third-order valence-corrected chi connectivity index (χ3v) is 5.37. The fourth-order valence-electron chi connectivity index (χ4n) is 4.01. The van der Waals surface area contributed by atoms with Crippen LogP contribution in [-0.2, 0) is 16.1 Å². The molecule has 7 nitrogen and oxygen atoms in total. The number of benzene rings is 1. The summed E-state index contributed by atoms with van der Waals surface area (Å²) >= 11 is 0. The van der Waals surface area contributed by atoms with Gasteiger partial charge < -0.3 is 15.0 Å². The van der Waals surface area contributed by atoms with E-state index in [4.69, 9.17) is 4.74 Å². The molecule has 26 heavy (non-hydrogen) atoms. The fourth-order valence-corrected chi connectivity index (χ4v) is 4.01. The molecule has 4 rings (SSSR count). The van der Waals surface area contributed by atoms with Crippen molar-refractivity contribution in [3.05, 3.63) is 29.3 Å². The van der Waals surface area contributed by atoms with Crippen LogP contribution in [0.5, 0.6) is 5.75 Å². The highest BCUT2D eigenvalue weighted by Gasteiger charge is 2.39. The van der Waals surface area contributed by atoms with E-state index in [0.717, 1.165) is 30.7 Å². The molecule has 3 atom stereocenters. The van der Waals surface area contributed by atoms with Crippen molar-refractivity contribution in [3.8, 4) is 5.75 Å². The minimum absolute atomic E-state index is 0.156. The fraction of sp³-hybridized carbons (Fsp3) is 0.526. The Morgan fingerprint density at radius 2 is 2.04 bits per heavy atom. The molecule has 0 bridgehead atoms. The molecule has 0 radical (unpaired) electrons. The topological polar surface area (TPSA) is 87.7 Å². The molecule has 2 fully saturated rings. The second kappa shape index (κ2) is 6.72. The number of amides is 3. The first-order valence-electron chi connectivity index (χ1n) is 9.19. The number of imide groups is 1. The van der Waals surface area contributed by atoms with Gasteiger partial charge in [-0.3, -0.25) is 19.7 Å². The van der Waals surface area contributed by atoms with Crippen LogP contribution in [0.3, 0.4) is 0 Å². The number of hydrogen-bond donors (Lipinski definition) is 2. The third-order valence-electron chi connectivity index (χ3n) is 5.37. The Kier molecular flexibility index (Phi) is 4.40. The monoisotopic (exact) mass is 357 g/mol. The summed E-state index contributed by atoms with van der Waals surface area (Å²) in [5.74, 6) is -0.0535. The lowest BCUT2D eigenvalue weighted by atomic mass is 10.0. The number of carbonyl (C=O) groups is 3. The van der Waals surface area contributed by atoms with Gasteiger partial charge in [0.2, 0.25) is 11.8 Å². The summed E-state index contributed by atoms with van der Waals surface area (Å²) in [4.78, 5) is 37.7. The number of piperidine rings is 2. The van der Waals surface area contributed by atoms with Crippen molar-refractivity contribution in [2.75, 3.05) is 6.54 Å². The van der Waals surface area contributed by atoms with Gasteiger partial charge >= 0.3 is 0 Å². The predicted molar refractivity (Wildman–Crippen MR) is 93.6 cm³/mol. The number of rotatable bonds is 3. The van der Waals surface area contributed by atoms with Gasteiger partial charge in [0.25, 0.3) is 5.91 Å². The van der Waals surface area contributed by atoms with Crippen LogP contribution in [0.1, 0.15) is 48.5 Å². The first-order chi connectivity index (χ1) is 12.5. The van der Waals surface area contributed by atoms with E-state index in [2.05, 4.69) is 17.6 Å². The normalized spacial score (nSPS) is 28.7. The average Bonchev–Trinajstić information content (AvgIpc) is 2.91. The average molecular weight is 357 g/mol. The maximum atomic E-state index is 12.7. The molecule has 138 valence electrons. The second-order valence-corrected chi connectivity index (χ2v) is 7.34. The van der Waals surface area contributed by atoms with Gasteiger partial charge in [0.15, 0.2) is 0 Å². The van der Waals surface area contributed by atoms with Crippen LogP contribution in [-0.4, -0.2) is 47.4 Å². The Balaban J connectivity index is 1.48. The molecule has 1 aromatic rings. The Bertz CT molecular complexity index is 763. The van der Waals surface area contributed by atoms with Crippen LogP contribution in [0.4, 0.5) is 0 Å². The summed E-state index contributed by atoms with van der Waals surface area (Å²) in [6.45, 7) is 3.47. The predicted octanol–water partition coefficient (Wildman–Crippen LogP) is 0.967. The Morgan fingerprint density at radius 1 is 1.19 bits per heavy atom. The van der Waals surface area contributed by atoms with Gasteiger partial charge in [0.1, 0.15) is 17.9 Å². The zero-order chi connectivity index (χ0) is 18.3. The lowest BCUT2D eigenvalue weighted by molar-refractivity contribution is -0.136. The van der Waals surface area contributed by atoms with E-state index in [9.17, 15) is 14.4 Å². The number of ether oxygens (including phenoxy) is 1. The maximum absolute atomic E-state index is 12.7. The highest BCUT2D eigenvalue weighted by molar-refractivity contribution is 6.05. The van der Waals surface area contributed by atoms with E-state index < -0.39 is 6.04 Å². The number of nitrogens with zero attached hydrogens (tertiary/aromatic N) is 1. The molecule has 0 spiro atoms. The molecule has 0 saturated carbocycles. The molecular formula is C19H23N3O4. The van der Waals surface area contributed by atoms with Gasteiger partial charge in [-0.15, -0.1) is 0 Å². The SMILES string of the molecule is C[C@@H]1C[C@@H](Oc2ccc3c(c2)CN(C2CCC(=O)NC2=O)C3=O)CCN1. The summed E-state index contributed by atoms with van der Waals surface area (Å²) in [5.41, 5.74) is 1.49. The molecule has 3 amide bonds. The van der Waals surface area contributed by atoms with E-state index in [0.29, 0.717) is 24.6 Å². The highest BCUT2D eigenvalue weighted by atomic mass is 16.5. The van der Waals surface area contributed by atoms with Crippen LogP contribution in [0.15, 0.2) is 18.2 Å². The van der Waals surface area contributed by atoms with Crippen LogP contribution in [0.2, 0.25) is 0 Å². The summed E-state index contributed by atoms with van der Waals surface area (Å²) in [7, 11) is 0. The summed E-state index contributed by atoms with van der Waals surface area (Å²) in [6.07, 6.45) is 2.73. The van der Waals surface area contributed by atoms with Crippen LogP contribution >= 0.6 is 0 Å². The molecular weight excluding hydrogens is 334 g/mol. The van der Waals surface area contributed by atoms with Gasteiger partial charge in [-0.2, -0.15) is 0 Å². The largest absolute Gasteiger partial charge is 0.490 e. The molecule has 1 unspecified atom stereocenters. The van der Waals surface area contributed by atoms with Crippen molar-refractivity contribution in [3.63, 3.8) is 0 Å². The Morgan fingerprint density at radius 3 is 2.81 bits per heavy atom. The maximum Gasteiger partial charge on any atom is 0.255 e. The second-order valence-electron chi connectivity index (χ2n) is 7.34. The minimum Gasteiger partial charge on any atom is -0.490 e. The van der Waals surface area contributed by atoms with Crippen LogP contribution in [0, 0.1) is 0 Å². The molecule has 0 aromatic heterocycles. The zero-order valence-electron chi connectivity index (χ0n) is 14.8. The van der Waals surface area contributed by atoms with Crippen molar-refractivity contribution >= 4 is 17.7 Å². The highest BCUT2D eigenvalue weighted by Crippen LogP contribution is 2.31. The van der Waals surface area contributed by atoms with E-state index >= 15 is 0 Å². The van der Waals surface area contributed by atoms with Gasteiger partial charge in [-0.05, 0) is 56.5 Å². The number of fused-ring (bicyclic) bond motifs is 1. The Hall–Kier alpha value is -2.41. The van der Waals surface area contributed by atoms with Gasteiger partial charge in [-0.1, -0.05) is 0 Å². The summed E-state index contributed by atoms with van der Waals surface area (Å²) in [5, 5.41) is 5.72. The van der Waals surface area contributed by atoms with Crippen molar-refractivity contribution in [1.82, 2.24) is 15.5 Å². The van der Waals surface area contributed by atoms with E-state index in [1.165, 1.54) is 0 Å². The Labute approximate surface area is 152 Å². The summed E-state index contributed by atoms with van der Waals surface area (Å²) in [6, 6.07) is 5.38. The number of nitrogens with one attached hydrogen (secondary N) is 2. The number of carbonyl (C=O) groups excluding carboxylic acids is 3. The van der Waals surface area contributed by atoms with Crippen LogP contribution in [0.25, 0.3) is 0 Å². The molecule has 7 heteroatoms. The summed E-state index contributed by atoms with van der Waals surface area (Å²) < 4.78 is 6.11. The lowest BCUT2D eigenvalue weighted by Crippen LogP contribution is -2.52. The first-order valence-corrected chi connectivity index (χ1v) is 9.19. The molecule has 0 aliphatic carbocycles. The third kappa shape index (κ3) is 3.19. The molecule has 3 aliphatic rings. The van der Waals surface area contributed by atoms with Gasteiger partial charge in [-0.25, -0.2) is 0 Å². The van der Waals surface area contributed by atoms with Crippen molar-refractivity contribution in [1.29, 1.82) is 0 Å². The van der Waals surface area contributed by atoms with Crippen molar-refractivity contribution in [2.45, 2.75) is 57.3 Å². The molecule has 1 aromatic carbocycles. The standard InChI is InChI=1S/C19H23N3O4/c1-11-8-14(6-7-20-11)26-13-2-3-15-12(9-13)10-22(19(15)25)16-4-5-17(23)21-18(16)24/h2-3,9,11,14,16,20H,4-8,10H2,1H3,(H,21,23,24)/t11-,14+,16?/m1/s1. The quantitative estimate of drug-likeness (QED) is 0.787. The molecule has 3 heterocycles. The number of hydrogen-bond acceptors (Lipinski definition) is 5. The minimum atomic E-state index is -0.581. The lowest BCUT2D eigenvalue weighted by Gasteiger charge is -2.29.